The predicted molar refractivity (Wildman–Crippen MR) is 114 cm³/mol. The molecule has 0 fully saturated rings. The van der Waals surface area contributed by atoms with E-state index in [0.29, 0.717) is 11.5 Å². The van der Waals surface area contributed by atoms with Gasteiger partial charge in [-0.3, -0.25) is 4.79 Å². The molecule has 0 spiro atoms. The van der Waals surface area contributed by atoms with Crippen molar-refractivity contribution >= 4 is 45.1 Å². The van der Waals surface area contributed by atoms with E-state index in [2.05, 4.69) is 31.3 Å². The van der Waals surface area contributed by atoms with Crippen LogP contribution in [0.2, 0.25) is 5.02 Å². The molecule has 0 aliphatic heterocycles. The Hall–Kier alpha value is -2.71. The van der Waals surface area contributed by atoms with E-state index in [4.69, 9.17) is 16.3 Å². The standard InChI is InChI=1S/C20H18BrClN4O3/c1-11-8-14(21)4-6-16(11)23-18(27)10-29-20(28)19-15(22)5-7-17(24-19)26-13(3)9-12(2)25-26/h4-9H,10H2,1-3H3,(H,23,27). The number of carbonyl (C=O) groups excluding carboxylic acids is 2. The number of ether oxygens (including phenoxy) is 1. The quantitative estimate of drug-likeness (QED) is 0.550. The number of aromatic nitrogens is 3. The Kier molecular flexibility index (Phi) is 6.34. The van der Waals surface area contributed by atoms with Crippen LogP contribution in [0.3, 0.4) is 0 Å². The van der Waals surface area contributed by atoms with Crippen molar-refractivity contribution in [3.8, 4) is 5.82 Å². The molecule has 0 atom stereocenters. The number of nitrogens with one attached hydrogen (secondary N) is 1. The van der Waals surface area contributed by atoms with Gasteiger partial charge in [0.1, 0.15) is 0 Å². The molecule has 0 saturated carbocycles. The second kappa shape index (κ2) is 8.75. The zero-order valence-electron chi connectivity index (χ0n) is 16.0. The maximum absolute atomic E-state index is 12.4. The molecule has 1 aromatic carbocycles. The number of esters is 1. The van der Waals surface area contributed by atoms with Gasteiger partial charge in [0.15, 0.2) is 18.1 Å². The van der Waals surface area contributed by atoms with E-state index in [1.807, 2.05) is 39.0 Å². The lowest BCUT2D eigenvalue weighted by atomic mass is 10.2. The van der Waals surface area contributed by atoms with E-state index >= 15 is 0 Å². The van der Waals surface area contributed by atoms with Crippen LogP contribution in [-0.2, 0) is 9.53 Å². The van der Waals surface area contributed by atoms with Crippen LogP contribution < -0.4 is 5.32 Å². The van der Waals surface area contributed by atoms with Gasteiger partial charge in [-0.15, -0.1) is 0 Å². The molecule has 3 aromatic rings. The summed E-state index contributed by atoms with van der Waals surface area (Å²) in [6.45, 7) is 5.14. The van der Waals surface area contributed by atoms with Crippen LogP contribution in [0, 0.1) is 20.8 Å². The van der Waals surface area contributed by atoms with Gasteiger partial charge in [0.25, 0.3) is 5.91 Å². The van der Waals surface area contributed by atoms with Crippen molar-refractivity contribution < 1.29 is 14.3 Å². The van der Waals surface area contributed by atoms with Crippen molar-refractivity contribution in [2.24, 2.45) is 0 Å². The summed E-state index contributed by atoms with van der Waals surface area (Å²) >= 11 is 9.47. The summed E-state index contributed by atoms with van der Waals surface area (Å²) in [4.78, 5) is 28.8. The first kappa shape index (κ1) is 21.0. The number of hydrogen-bond donors (Lipinski definition) is 1. The summed E-state index contributed by atoms with van der Waals surface area (Å²) in [6.07, 6.45) is 0. The third-order valence-electron chi connectivity index (χ3n) is 4.05. The monoisotopic (exact) mass is 476 g/mol. The van der Waals surface area contributed by atoms with Gasteiger partial charge in [-0.05, 0) is 62.7 Å². The summed E-state index contributed by atoms with van der Waals surface area (Å²) in [5.41, 5.74) is 3.12. The van der Waals surface area contributed by atoms with Crippen molar-refractivity contribution in [1.82, 2.24) is 14.8 Å². The average Bonchev–Trinajstić information content (AvgIpc) is 3.00. The SMILES string of the molecule is Cc1cc(C)n(-c2ccc(Cl)c(C(=O)OCC(=O)Nc3ccc(Br)cc3C)n2)n1. The highest BCUT2D eigenvalue weighted by Crippen LogP contribution is 2.21. The Morgan fingerprint density at radius 1 is 1.17 bits per heavy atom. The van der Waals surface area contributed by atoms with Crippen LogP contribution in [0.5, 0.6) is 0 Å². The molecule has 0 unspecified atom stereocenters. The minimum atomic E-state index is -0.791. The van der Waals surface area contributed by atoms with Gasteiger partial charge in [0.05, 0.1) is 10.7 Å². The molecule has 0 radical (unpaired) electrons. The molecule has 0 aliphatic rings. The molecule has 0 saturated heterocycles. The van der Waals surface area contributed by atoms with Gasteiger partial charge in [-0.25, -0.2) is 14.5 Å². The maximum atomic E-state index is 12.4. The predicted octanol–water partition coefficient (Wildman–Crippen LogP) is 4.40. The molecule has 3 rings (SSSR count). The minimum absolute atomic E-state index is 0.0793. The Labute approximate surface area is 181 Å². The number of benzene rings is 1. The number of halogens is 2. The van der Waals surface area contributed by atoms with E-state index in [9.17, 15) is 9.59 Å². The Morgan fingerprint density at radius 3 is 2.59 bits per heavy atom. The summed E-state index contributed by atoms with van der Waals surface area (Å²) in [5.74, 6) is -0.822. The van der Waals surface area contributed by atoms with E-state index in [1.54, 1.807) is 22.9 Å². The lowest BCUT2D eigenvalue weighted by Crippen LogP contribution is -2.22. The minimum Gasteiger partial charge on any atom is -0.451 e. The third-order valence-corrected chi connectivity index (χ3v) is 4.85. The number of amides is 1. The maximum Gasteiger partial charge on any atom is 0.359 e. The van der Waals surface area contributed by atoms with E-state index in [0.717, 1.165) is 21.4 Å². The van der Waals surface area contributed by atoms with Crippen LogP contribution in [0.25, 0.3) is 5.82 Å². The second-order valence-corrected chi connectivity index (χ2v) is 7.75. The summed E-state index contributed by atoms with van der Waals surface area (Å²) < 4.78 is 7.60. The van der Waals surface area contributed by atoms with E-state index < -0.39 is 18.5 Å². The lowest BCUT2D eigenvalue weighted by molar-refractivity contribution is -0.119. The molecule has 0 bridgehead atoms. The molecule has 1 N–H and O–H groups in total. The Morgan fingerprint density at radius 2 is 1.93 bits per heavy atom. The Bertz CT molecular complexity index is 1100. The van der Waals surface area contributed by atoms with Gasteiger partial charge in [-0.1, -0.05) is 27.5 Å². The molecular formula is C20H18BrClN4O3. The Balaban J connectivity index is 1.69. The van der Waals surface area contributed by atoms with E-state index in [-0.39, 0.29) is 10.7 Å². The third kappa shape index (κ3) is 5.02. The number of pyridine rings is 1. The molecule has 2 heterocycles. The van der Waals surface area contributed by atoms with Crippen molar-refractivity contribution in [2.45, 2.75) is 20.8 Å². The van der Waals surface area contributed by atoms with Gasteiger partial charge in [0.2, 0.25) is 0 Å². The number of aryl methyl sites for hydroxylation is 3. The highest BCUT2D eigenvalue weighted by molar-refractivity contribution is 9.10. The van der Waals surface area contributed by atoms with Crippen molar-refractivity contribution in [3.05, 3.63) is 68.5 Å². The summed E-state index contributed by atoms with van der Waals surface area (Å²) in [6, 6.07) is 10.5. The number of carbonyl (C=O) groups is 2. The number of hydrogen-bond acceptors (Lipinski definition) is 5. The van der Waals surface area contributed by atoms with Crippen LogP contribution in [-0.4, -0.2) is 33.2 Å². The van der Waals surface area contributed by atoms with Gasteiger partial charge < -0.3 is 10.1 Å². The highest BCUT2D eigenvalue weighted by atomic mass is 79.9. The average molecular weight is 478 g/mol. The van der Waals surface area contributed by atoms with Crippen LogP contribution in [0.4, 0.5) is 5.69 Å². The molecule has 9 heteroatoms. The second-order valence-electron chi connectivity index (χ2n) is 6.42. The normalized spacial score (nSPS) is 10.7. The molecule has 2 aromatic heterocycles. The fourth-order valence-electron chi connectivity index (χ4n) is 2.71. The first-order chi connectivity index (χ1) is 13.7. The molecule has 7 nitrogen and oxygen atoms in total. The van der Waals surface area contributed by atoms with Gasteiger partial charge >= 0.3 is 5.97 Å². The number of anilines is 1. The largest absolute Gasteiger partial charge is 0.451 e. The summed E-state index contributed by atoms with van der Waals surface area (Å²) in [5, 5.41) is 7.17. The first-order valence-electron chi connectivity index (χ1n) is 8.68. The van der Waals surface area contributed by atoms with Crippen molar-refractivity contribution in [1.29, 1.82) is 0 Å². The molecule has 29 heavy (non-hydrogen) atoms. The number of nitrogens with zero attached hydrogens (tertiary/aromatic N) is 3. The molecule has 0 aliphatic carbocycles. The lowest BCUT2D eigenvalue weighted by Gasteiger charge is -2.10. The zero-order valence-corrected chi connectivity index (χ0v) is 18.3. The van der Waals surface area contributed by atoms with E-state index in [1.165, 1.54) is 0 Å². The first-order valence-corrected chi connectivity index (χ1v) is 9.85. The summed E-state index contributed by atoms with van der Waals surface area (Å²) in [7, 11) is 0. The van der Waals surface area contributed by atoms with Crippen molar-refractivity contribution in [3.63, 3.8) is 0 Å². The fraction of sp³-hybridized carbons (Fsp3) is 0.200. The van der Waals surface area contributed by atoms with Gasteiger partial charge in [-0.2, -0.15) is 5.10 Å². The van der Waals surface area contributed by atoms with Crippen LogP contribution in [0.15, 0.2) is 40.9 Å². The van der Waals surface area contributed by atoms with Gasteiger partial charge in [0, 0.05) is 15.9 Å². The van der Waals surface area contributed by atoms with Crippen LogP contribution >= 0.6 is 27.5 Å². The fourth-order valence-corrected chi connectivity index (χ4v) is 3.36. The zero-order chi connectivity index (χ0) is 21.1. The van der Waals surface area contributed by atoms with Crippen molar-refractivity contribution in [2.75, 3.05) is 11.9 Å². The molecular weight excluding hydrogens is 460 g/mol. The molecule has 150 valence electrons. The topological polar surface area (TPSA) is 86.1 Å². The number of rotatable bonds is 5. The smallest absolute Gasteiger partial charge is 0.359 e. The highest BCUT2D eigenvalue weighted by Gasteiger charge is 2.18. The molecule has 1 amide bonds. The van der Waals surface area contributed by atoms with Crippen LogP contribution in [0.1, 0.15) is 27.4 Å².